The van der Waals surface area contributed by atoms with Crippen molar-refractivity contribution in [3.63, 3.8) is 0 Å². The first-order valence-electron chi connectivity index (χ1n) is 12.1. The van der Waals surface area contributed by atoms with E-state index in [1.165, 1.54) is 12.1 Å². The van der Waals surface area contributed by atoms with Crippen LogP contribution in [0.5, 0.6) is 0 Å². The molecule has 1 N–H and O–H groups in total. The normalized spacial score (nSPS) is 17.0. The number of hydrogen-bond acceptors (Lipinski definition) is 7. The molecule has 0 spiro atoms. The Hall–Kier alpha value is -4.31. The molecule has 3 heterocycles. The molecular weight excluding hydrogens is 506 g/mol. The molecule has 0 saturated carbocycles. The average molecular weight is 532 g/mol. The second-order valence-electron chi connectivity index (χ2n) is 9.01. The van der Waals surface area contributed by atoms with Gasteiger partial charge < -0.3 is 19.3 Å². The number of piperazine rings is 1. The second-order valence-corrected chi connectivity index (χ2v) is 10.0. The van der Waals surface area contributed by atoms with E-state index in [-0.39, 0.29) is 22.9 Å². The van der Waals surface area contributed by atoms with Gasteiger partial charge in [-0.3, -0.25) is 19.3 Å². The SMILES string of the molecule is Cc1cc(C(=O)O)ccc1-c1ccc(/C=C2\SC(=O)N(CC(=O)N3CCN(c4ccccc4)CC3)C2=O)o1. The van der Waals surface area contributed by atoms with Gasteiger partial charge in [0.1, 0.15) is 18.1 Å². The average Bonchev–Trinajstić information content (AvgIpc) is 3.49. The van der Waals surface area contributed by atoms with Gasteiger partial charge in [-0.05, 0) is 60.6 Å². The maximum atomic E-state index is 12.9. The number of imide groups is 1. The summed E-state index contributed by atoms with van der Waals surface area (Å²) in [4.78, 5) is 54.6. The van der Waals surface area contributed by atoms with Crippen LogP contribution >= 0.6 is 11.8 Å². The number of hydrogen-bond donors (Lipinski definition) is 1. The van der Waals surface area contributed by atoms with E-state index in [2.05, 4.69) is 4.90 Å². The summed E-state index contributed by atoms with van der Waals surface area (Å²) in [5, 5.41) is 8.67. The Morgan fingerprint density at radius 1 is 1.00 bits per heavy atom. The highest BCUT2D eigenvalue weighted by Crippen LogP contribution is 2.34. The minimum absolute atomic E-state index is 0.176. The van der Waals surface area contributed by atoms with E-state index < -0.39 is 17.1 Å². The number of aromatic carboxylic acids is 1. The lowest BCUT2D eigenvalue weighted by Gasteiger charge is -2.36. The number of carbonyl (C=O) groups is 4. The maximum Gasteiger partial charge on any atom is 0.335 e. The molecule has 3 aromatic rings. The molecule has 0 bridgehead atoms. The van der Waals surface area contributed by atoms with E-state index in [9.17, 15) is 19.2 Å². The van der Waals surface area contributed by atoms with Crippen LogP contribution in [-0.2, 0) is 9.59 Å². The Kier molecular flexibility index (Phi) is 7.06. The predicted molar refractivity (Wildman–Crippen MR) is 144 cm³/mol. The lowest BCUT2D eigenvalue weighted by atomic mass is 10.0. The van der Waals surface area contributed by atoms with Crippen molar-refractivity contribution in [1.29, 1.82) is 0 Å². The van der Waals surface area contributed by atoms with Gasteiger partial charge in [-0.1, -0.05) is 24.3 Å². The largest absolute Gasteiger partial charge is 0.478 e. The second kappa shape index (κ2) is 10.6. The van der Waals surface area contributed by atoms with Crippen molar-refractivity contribution in [2.75, 3.05) is 37.6 Å². The standard InChI is InChI=1S/C28H25N3O6S/c1-18-15-19(27(34)35)7-9-22(18)23-10-8-21(37-23)16-24-26(33)31(28(36)38-24)17-25(32)30-13-11-29(12-14-30)20-5-3-2-4-6-20/h2-10,15-16H,11-14,17H2,1H3,(H,34,35)/b24-16-. The first-order chi connectivity index (χ1) is 18.3. The van der Waals surface area contributed by atoms with Crippen molar-refractivity contribution < 1.29 is 28.7 Å². The molecule has 9 nitrogen and oxygen atoms in total. The molecule has 3 amide bonds. The quantitative estimate of drug-likeness (QED) is 0.468. The van der Waals surface area contributed by atoms with Crippen molar-refractivity contribution in [1.82, 2.24) is 9.80 Å². The zero-order chi connectivity index (χ0) is 26.8. The van der Waals surface area contributed by atoms with Crippen LogP contribution in [0.3, 0.4) is 0 Å². The molecule has 0 aliphatic carbocycles. The number of furan rings is 1. The van der Waals surface area contributed by atoms with Gasteiger partial charge in [0.2, 0.25) is 5.91 Å². The van der Waals surface area contributed by atoms with Gasteiger partial charge in [0, 0.05) is 43.5 Å². The minimum Gasteiger partial charge on any atom is -0.478 e. The highest BCUT2D eigenvalue weighted by Gasteiger charge is 2.37. The first-order valence-corrected chi connectivity index (χ1v) is 12.9. The highest BCUT2D eigenvalue weighted by atomic mass is 32.2. The Labute approximate surface area is 223 Å². The molecule has 2 aromatic carbocycles. The number of benzene rings is 2. The number of para-hydroxylation sites is 1. The molecule has 5 rings (SSSR count). The van der Waals surface area contributed by atoms with E-state index in [0.29, 0.717) is 37.7 Å². The molecule has 0 radical (unpaired) electrons. The monoisotopic (exact) mass is 531 g/mol. The number of thioether (sulfide) groups is 1. The van der Waals surface area contributed by atoms with Crippen molar-refractivity contribution in [3.8, 4) is 11.3 Å². The lowest BCUT2D eigenvalue weighted by Crippen LogP contribution is -2.51. The van der Waals surface area contributed by atoms with Crippen LogP contribution in [0, 0.1) is 6.92 Å². The van der Waals surface area contributed by atoms with E-state index in [4.69, 9.17) is 9.52 Å². The maximum absolute atomic E-state index is 12.9. The Morgan fingerprint density at radius 2 is 1.74 bits per heavy atom. The Bertz CT molecular complexity index is 1440. The van der Waals surface area contributed by atoms with Crippen molar-refractivity contribution >= 4 is 46.5 Å². The summed E-state index contributed by atoms with van der Waals surface area (Å²) in [6.07, 6.45) is 1.48. The van der Waals surface area contributed by atoms with Crippen LogP contribution in [0.1, 0.15) is 21.7 Å². The van der Waals surface area contributed by atoms with Gasteiger partial charge in [0.15, 0.2) is 0 Å². The minimum atomic E-state index is -1.01. The third-order valence-corrected chi connectivity index (χ3v) is 7.47. The van der Waals surface area contributed by atoms with Crippen LogP contribution in [0.4, 0.5) is 10.5 Å². The first kappa shape index (κ1) is 25.3. The lowest BCUT2D eigenvalue weighted by molar-refractivity contribution is -0.136. The third kappa shape index (κ3) is 5.21. The molecule has 10 heteroatoms. The highest BCUT2D eigenvalue weighted by molar-refractivity contribution is 8.18. The fourth-order valence-electron chi connectivity index (χ4n) is 4.50. The zero-order valence-corrected chi connectivity index (χ0v) is 21.4. The summed E-state index contributed by atoms with van der Waals surface area (Å²) in [5.41, 5.74) is 2.73. The summed E-state index contributed by atoms with van der Waals surface area (Å²) in [7, 11) is 0. The van der Waals surface area contributed by atoms with Crippen molar-refractivity contribution in [2.24, 2.45) is 0 Å². The smallest absolute Gasteiger partial charge is 0.335 e. The molecule has 1 aromatic heterocycles. The number of amides is 3. The zero-order valence-electron chi connectivity index (χ0n) is 20.6. The van der Waals surface area contributed by atoms with Gasteiger partial charge in [-0.2, -0.15) is 0 Å². The third-order valence-electron chi connectivity index (χ3n) is 6.56. The van der Waals surface area contributed by atoms with Gasteiger partial charge in [-0.15, -0.1) is 0 Å². The molecule has 38 heavy (non-hydrogen) atoms. The molecule has 0 unspecified atom stereocenters. The summed E-state index contributed by atoms with van der Waals surface area (Å²) in [6, 6.07) is 18.1. The van der Waals surface area contributed by atoms with Crippen molar-refractivity contribution in [3.05, 3.63) is 82.5 Å². The number of carboxylic acids is 1. The van der Waals surface area contributed by atoms with Crippen molar-refractivity contribution in [2.45, 2.75) is 6.92 Å². The van der Waals surface area contributed by atoms with Gasteiger partial charge >= 0.3 is 5.97 Å². The van der Waals surface area contributed by atoms with Gasteiger partial charge in [0.25, 0.3) is 11.1 Å². The summed E-state index contributed by atoms with van der Waals surface area (Å²) >= 11 is 0.771. The predicted octanol–water partition coefficient (Wildman–Crippen LogP) is 4.34. The van der Waals surface area contributed by atoms with Crippen LogP contribution in [-0.4, -0.2) is 70.7 Å². The number of nitrogens with zero attached hydrogens (tertiary/aromatic N) is 3. The summed E-state index contributed by atoms with van der Waals surface area (Å²) in [5.74, 6) is -0.924. The number of anilines is 1. The molecule has 2 aliphatic rings. The van der Waals surface area contributed by atoms with Crippen LogP contribution in [0.2, 0.25) is 0 Å². The molecule has 0 atom stereocenters. The number of carbonyl (C=O) groups excluding carboxylic acids is 3. The summed E-state index contributed by atoms with van der Waals surface area (Å²) < 4.78 is 5.86. The Balaban J connectivity index is 1.22. The van der Waals surface area contributed by atoms with Gasteiger partial charge in [0.05, 0.1) is 10.5 Å². The fourth-order valence-corrected chi connectivity index (χ4v) is 5.32. The van der Waals surface area contributed by atoms with E-state index in [1.54, 1.807) is 36.1 Å². The molecule has 2 aliphatic heterocycles. The van der Waals surface area contributed by atoms with E-state index >= 15 is 0 Å². The topological polar surface area (TPSA) is 111 Å². The Morgan fingerprint density at radius 3 is 2.42 bits per heavy atom. The van der Waals surface area contributed by atoms with Gasteiger partial charge in [-0.25, -0.2) is 4.79 Å². The number of aryl methyl sites for hydroxylation is 1. The number of carboxylic acid groups (broad SMARTS) is 1. The van der Waals surface area contributed by atoms with Crippen LogP contribution < -0.4 is 4.90 Å². The molecule has 194 valence electrons. The van der Waals surface area contributed by atoms with Crippen LogP contribution in [0.15, 0.2) is 70.0 Å². The van der Waals surface area contributed by atoms with E-state index in [0.717, 1.165) is 33.5 Å². The molecule has 2 saturated heterocycles. The molecule has 2 fully saturated rings. The summed E-state index contributed by atoms with van der Waals surface area (Å²) in [6.45, 7) is 3.87. The molecular formula is C28H25N3O6S. The van der Waals surface area contributed by atoms with Crippen LogP contribution in [0.25, 0.3) is 17.4 Å². The number of rotatable bonds is 6. The van der Waals surface area contributed by atoms with E-state index in [1.807, 2.05) is 30.3 Å². The fraction of sp³-hybridized carbons (Fsp3) is 0.214.